The number of amides is 2. The highest BCUT2D eigenvalue weighted by atomic mass is 19.1. The first kappa shape index (κ1) is 16.4. The van der Waals surface area contributed by atoms with Gasteiger partial charge in [-0.1, -0.05) is 6.07 Å². The topological polar surface area (TPSA) is 71.3 Å². The second kappa shape index (κ2) is 7.88. The molecule has 0 bridgehead atoms. The van der Waals surface area contributed by atoms with Gasteiger partial charge in [-0.05, 0) is 30.3 Å². The summed E-state index contributed by atoms with van der Waals surface area (Å²) < 4.78 is 31.8. The molecule has 5 nitrogen and oxygen atoms in total. The van der Waals surface area contributed by atoms with Crippen molar-refractivity contribution in [2.24, 2.45) is 0 Å². The van der Waals surface area contributed by atoms with Gasteiger partial charge in [0, 0.05) is 19.2 Å². The molecule has 0 atom stereocenters. The zero-order chi connectivity index (χ0) is 16.7. The quantitative estimate of drug-likeness (QED) is 0.632. The van der Waals surface area contributed by atoms with E-state index in [0.717, 1.165) is 12.1 Å². The van der Waals surface area contributed by atoms with Crippen molar-refractivity contribution in [1.82, 2.24) is 10.6 Å². The fraction of sp³-hybridized carbons (Fsp3) is 0.125. The van der Waals surface area contributed by atoms with Crippen molar-refractivity contribution in [3.8, 4) is 0 Å². The fourth-order valence-electron chi connectivity index (χ4n) is 1.77. The maximum Gasteiger partial charge on any atom is 0.257 e. The molecular formula is C16H14F2N2O3. The van der Waals surface area contributed by atoms with Gasteiger partial charge in [-0.25, -0.2) is 8.78 Å². The molecule has 2 rings (SSSR count). The third kappa shape index (κ3) is 4.77. The van der Waals surface area contributed by atoms with Gasteiger partial charge >= 0.3 is 0 Å². The van der Waals surface area contributed by atoms with E-state index in [-0.39, 0.29) is 19.0 Å². The SMILES string of the molecule is O=C(/C=C\c1ccco1)NCCNC(=O)c1c(F)cccc1F. The van der Waals surface area contributed by atoms with Crippen LogP contribution < -0.4 is 10.6 Å². The molecule has 1 aromatic heterocycles. The molecule has 0 aliphatic carbocycles. The van der Waals surface area contributed by atoms with E-state index in [1.807, 2.05) is 0 Å². The molecule has 120 valence electrons. The van der Waals surface area contributed by atoms with Crippen LogP contribution in [0, 0.1) is 11.6 Å². The Bertz CT molecular complexity index is 692. The van der Waals surface area contributed by atoms with Gasteiger partial charge in [-0.15, -0.1) is 0 Å². The first-order valence-electron chi connectivity index (χ1n) is 6.79. The van der Waals surface area contributed by atoms with Gasteiger partial charge in [-0.3, -0.25) is 9.59 Å². The monoisotopic (exact) mass is 320 g/mol. The highest BCUT2D eigenvalue weighted by Gasteiger charge is 2.16. The van der Waals surface area contributed by atoms with Crippen LogP contribution >= 0.6 is 0 Å². The number of hydrogen-bond donors (Lipinski definition) is 2. The van der Waals surface area contributed by atoms with Crippen LogP contribution in [-0.2, 0) is 4.79 Å². The summed E-state index contributed by atoms with van der Waals surface area (Å²) in [6.45, 7) is 0.149. The smallest absolute Gasteiger partial charge is 0.257 e. The molecule has 0 aliphatic rings. The highest BCUT2D eigenvalue weighted by Crippen LogP contribution is 2.11. The molecular weight excluding hydrogens is 306 g/mol. The van der Waals surface area contributed by atoms with Gasteiger partial charge < -0.3 is 15.1 Å². The normalized spacial score (nSPS) is 10.7. The van der Waals surface area contributed by atoms with E-state index >= 15 is 0 Å². The standard InChI is InChI=1S/C16H14F2N2O3/c17-12-4-1-5-13(18)15(12)16(22)20-9-8-19-14(21)7-6-11-3-2-10-23-11/h1-7,10H,8-9H2,(H,19,21)(H,20,22)/b7-6-. The Labute approximate surface area is 131 Å². The van der Waals surface area contributed by atoms with Crippen molar-refractivity contribution >= 4 is 17.9 Å². The summed E-state index contributed by atoms with van der Waals surface area (Å²) >= 11 is 0. The molecule has 1 heterocycles. The average molecular weight is 320 g/mol. The molecule has 0 unspecified atom stereocenters. The van der Waals surface area contributed by atoms with Crippen LogP contribution in [0.2, 0.25) is 0 Å². The Morgan fingerprint density at radius 3 is 2.39 bits per heavy atom. The number of carbonyl (C=O) groups excluding carboxylic acids is 2. The van der Waals surface area contributed by atoms with Crippen molar-refractivity contribution < 1.29 is 22.8 Å². The first-order valence-corrected chi connectivity index (χ1v) is 6.79. The van der Waals surface area contributed by atoms with Crippen molar-refractivity contribution in [3.63, 3.8) is 0 Å². The van der Waals surface area contributed by atoms with Crippen LogP contribution in [0.1, 0.15) is 16.1 Å². The van der Waals surface area contributed by atoms with E-state index in [1.54, 1.807) is 12.1 Å². The Morgan fingerprint density at radius 2 is 1.74 bits per heavy atom. The number of halogens is 2. The summed E-state index contributed by atoms with van der Waals surface area (Å²) in [5.41, 5.74) is -0.642. The van der Waals surface area contributed by atoms with Gasteiger partial charge in [0.1, 0.15) is 23.0 Å². The Balaban J connectivity index is 1.75. The molecule has 1 aromatic carbocycles. The van der Waals surface area contributed by atoms with Crippen molar-refractivity contribution in [2.75, 3.05) is 13.1 Å². The maximum atomic E-state index is 13.4. The minimum absolute atomic E-state index is 0.0347. The summed E-state index contributed by atoms with van der Waals surface area (Å²) in [6, 6.07) is 6.55. The Morgan fingerprint density at radius 1 is 1.04 bits per heavy atom. The lowest BCUT2D eigenvalue weighted by molar-refractivity contribution is -0.116. The third-order valence-electron chi connectivity index (χ3n) is 2.84. The lowest BCUT2D eigenvalue weighted by atomic mass is 10.2. The minimum Gasteiger partial charge on any atom is -0.465 e. The van der Waals surface area contributed by atoms with Gasteiger partial charge in [0.15, 0.2) is 0 Å². The van der Waals surface area contributed by atoms with E-state index in [0.29, 0.717) is 5.76 Å². The first-order chi connectivity index (χ1) is 11.1. The Kier molecular flexibility index (Phi) is 5.62. The second-order valence-corrected chi connectivity index (χ2v) is 4.49. The lowest BCUT2D eigenvalue weighted by Crippen LogP contribution is -2.34. The fourth-order valence-corrected chi connectivity index (χ4v) is 1.77. The number of nitrogens with one attached hydrogen (secondary N) is 2. The van der Waals surface area contributed by atoms with Crippen LogP contribution in [0.4, 0.5) is 8.78 Å². The molecule has 7 heteroatoms. The number of hydrogen-bond acceptors (Lipinski definition) is 3. The van der Waals surface area contributed by atoms with Gasteiger partial charge in [0.05, 0.1) is 6.26 Å². The number of carbonyl (C=O) groups is 2. The molecule has 0 aliphatic heterocycles. The summed E-state index contributed by atoms with van der Waals surface area (Å²) in [5.74, 6) is -2.60. The zero-order valence-electron chi connectivity index (χ0n) is 12.0. The van der Waals surface area contributed by atoms with Crippen LogP contribution in [0.3, 0.4) is 0 Å². The van der Waals surface area contributed by atoms with E-state index in [2.05, 4.69) is 10.6 Å². The van der Waals surface area contributed by atoms with E-state index in [9.17, 15) is 18.4 Å². The van der Waals surface area contributed by atoms with E-state index in [1.165, 1.54) is 24.5 Å². The van der Waals surface area contributed by atoms with E-state index < -0.39 is 23.1 Å². The molecule has 2 aromatic rings. The average Bonchev–Trinajstić information content (AvgIpc) is 3.03. The minimum atomic E-state index is -0.937. The number of benzene rings is 1. The van der Waals surface area contributed by atoms with Crippen molar-refractivity contribution in [2.45, 2.75) is 0 Å². The third-order valence-corrected chi connectivity index (χ3v) is 2.84. The van der Waals surface area contributed by atoms with Crippen LogP contribution in [0.15, 0.2) is 47.1 Å². The zero-order valence-corrected chi connectivity index (χ0v) is 12.0. The largest absolute Gasteiger partial charge is 0.465 e. The van der Waals surface area contributed by atoms with Crippen molar-refractivity contribution in [3.05, 3.63) is 65.6 Å². The molecule has 0 radical (unpaired) electrons. The molecule has 2 amide bonds. The van der Waals surface area contributed by atoms with Crippen LogP contribution in [0.25, 0.3) is 6.08 Å². The number of rotatable bonds is 6. The summed E-state index contributed by atoms with van der Waals surface area (Å²) in [5, 5.41) is 4.84. The lowest BCUT2D eigenvalue weighted by Gasteiger charge is -2.07. The van der Waals surface area contributed by atoms with Crippen LogP contribution in [-0.4, -0.2) is 24.9 Å². The molecule has 23 heavy (non-hydrogen) atoms. The highest BCUT2D eigenvalue weighted by molar-refractivity contribution is 5.95. The van der Waals surface area contributed by atoms with E-state index in [4.69, 9.17) is 4.42 Å². The number of furan rings is 1. The van der Waals surface area contributed by atoms with Gasteiger partial charge in [0.25, 0.3) is 5.91 Å². The molecule has 0 fully saturated rings. The Hall–Kier alpha value is -2.96. The van der Waals surface area contributed by atoms with Crippen molar-refractivity contribution in [1.29, 1.82) is 0 Å². The summed E-state index contributed by atoms with van der Waals surface area (Å²) in [4.78, 5) is 23.2. The predicted octanol–water partition coefficient (Wildman–Crippen LogP) is 2.12. The maximum absolute atomic E-state index is 13.4. The molecule has 0 saturated carbocycles. The molecule has 2 N–H and O–H groups in total. The van der Waals surface area contributed by atoms with Gasteiger partial charge in [0.2, 0.25) is 5.91 Å². The predicted molar refractivity (Wildman–Crippen MR) is 79.4 cm³/mol. The van der Waals surface area contributed by atoms with Crippen LogP contribution in [0.5, 0.6) is 0 Å². The summed E-state index contributed by atoms with van der Waals surface area (Å²) in [7, 11) is 0. The summed E-state index contributed by atoms with van der Waals surface area (Å²) in [6.07, 6.45) is 4.24. The second-order valence-electron chi connectivity index (χ2n) is 4.49. The molecule has 0 spiro atoms. The molecule has 0 saturated heterocycles. The van der Waals surface area contributed by atoms with Gasteiger partial charge in [-0.2, -0.15) is 0 Å².